The minimum absolute atomic E-state index is 0.202. The summed E-state index contributed by atoms with van der Waals surface area (Å²) in [6.45, 7) is 0. The van der Waals surface area contributed by atoms with Gasteiger partial charge in [0.25, 0.3) is 0 Å². The van der Waals surface area contributed by atoms with Crippen molar-refractivity contribution in [3.8, 4) is 0 Å². The molecule has 1 aromatic heterocycles. The number of carbonyl (C=O) groups is 1. The SMILES string of the molecule is COC(=O)c1cc(Cc2ccccc2)on1. The maximum Gasteiger partial charge on any atom is 0.360 e. The molecule has 0 atom stereocenters. The molecule has 0 saturated heterocycles. The van der Waals surface area contributed by atoms with Crippen molar-refractivity contribution in [2.45, 2.75) is 6.42 Å². The normalized spacial score (nSPS) is 10.1. The number of ether oxygens (including phenoxy) is 1. The predicted octanol–water partition coefficient (Wildman–Crippen LogP) is 2.05. The summed E-state index contributed by atoms with van der Waals surface area (Å²) >= 11 is 0. The first kappa shape index (κ1) is 10.4. The van der Waals surface area contributed by atoms with Gasteiger partial charge in [-0.25, -0.2) is 4.79 Å². The third kappa shape index (κ3) is 2.28. The Morgan fingerprint density at radius 3 is 2.81 bits per heavy atom. The van der Waals surface area contributed by atoms with Gasteiger partial charge in [-0.1, -0.05) is 35.5 Å². The standard InChI is InChI=1S/C12H11NO3/c1-15-12(14)11-8-10(16-13-11)7-9-5-3-2-4-6-9/h2-6,8H,7H2,1H3. The highest BCUT2D eigenvalue weighted by atomic mass is 16.5. The molecular weight excluding hydrogens is 206 g/mol. The van der Waals surface area contributed by atoms with E-state index in [-0.39, 0.29) is 5.69 Å². The Bertz CT molecular complexity index is 476. The van der Waals surface area contributed by atoms with Crippen molar-refractivity contribution in [2.24, 2.45) is 0 Å². The zero-order valence-corrected chi connectivity index (χ0v) is 8.84. The highest BCUT2D eigenvalue weighted by Gasteiger charge is 2.12. The second kappa shape index (κ2) is 4.61. The van der Waals surface area contributed by atoms with Gasteiger partial charge < -0.3 is 9.26 Å². The molecule has 0 aliphatic carbocycles. The zero-order valence-electron chi connectivity index (χ0n) is 8.84. The molecule has 0 amide bonds. The zero-order chi connectivity index (χ0) is 11.4. The topological polar surface area (TPSA) is 52.3 Å². The predicted molar refractivity (Wildman–Crippen MR) is 57.1 cm³/mol. The number of methoxy groups -OCH3 is 1. The third-order valence-corrected chi connectivity index (χ3v) is 2.17. The average Bonchev–Trinajstić information content (AvgIpc) is 2.78. The van der Waals surface area contributed by atoms with Crippen LogP contribution < -0.4 is 0 Å². The van der Waals surface area contributed by atoms with Crippen LogP contribution in [-0.2, 0) is 11.2 Å². The molecule has 16 heavy (non-hydrogen) atoms. The lowest BCUT2D eigenvalue weighted by Crippen LogP contribution is -2.00. The molecule has 82 valence electrons. The van der Waals surface area contributed by atoms with E-state index in [2.05, 4.69) is 9.89 Å². The van der Waals surface area contributed by atoms with Crippen LogP contribution in [0.2, 0.25) is 0 Å². The summed E-state index contributed by atoms with van der Waals surface area (Å²) in [5.41, 5.74) is 1.31. The molecule has 0 fully saturated rings. The average molecular weight is 217 g/mol. The number of hydrogen-bond acceptors (Lipinski definition) is 4. The van der Waals surface area contributed by atoms with E-state index in [1.165, 1.54) is 7.11 Å². The molecule has 0 saturated carbocycles. The monoisotopic (exact) mass is 217 g/mol. The summed E-state index contributed by atoms with van der Waals surface area (Å²) in [6, 6.07) is 11.4. The van der Waals surface area contributed by atoms with Gasteiger partial charge in [-0.05, 0) is 5.56 Å². The third-order valence-electron chi connectivity index (χ3n) is 2.17. The van der Waals surface area contributed by atoms with E-state index in [0.29, 0.717) is 12.2 Å². The van der Waals surface area contributed by atoms with Gasteiger partial charge in [0.15, 0.2) is 5.69 Å². The molecule has 2 aromatic rings. The van der Waals surface area contributed by atoms with Gasteiger partial charge in [0.2, 0.25) is 0 Å². The molecule has 1 heterocycles. The van der Waals surface area contributed by atoms with E-state index in [1.807, 2.05) is 30.3 Å². The molecule has 4 heteroatoms. The van der Waals surface area contributed by atoms with E-state index in [1.54, 1.807) is 6.07 Å². The fourth-order valence-electron chi connectivity index (χ4n) is 1.39. The molecule has 0 aliphatic heterocycles. The molecule has 0 aliphatic rings. The lowest BCUT2D eigenvalue weighted by molar-refractivity contribution is 0.0589. The van der Waals surface area contributed by atoms with Gasteiger partial charge in [0, 0.05) is 12.5 Å². The number of hydrogen-bond donors (Lipinski definition) is 0. The van der Waals surface area contributed by atoms with Crippen molar-refractivity contribution in [3.05, 3.63) is 53.4 Å². The largest absolute Gasteiger partial charge is 0.464 e. The maximum absolute atomic E-state index is 11.1. The molecule has 1 aromatic carbocycles. The fourth-order valence-corrected chi connectivity index (χ4v) is 1.39. The van der Waals surface area contributed by atoms with Gasteiger partial charge in [0.1, 0.15) is 5.76 Å². The Hall–Kier alpha value is -2.10. The lowest BCUT2D eigenvalue weighted by atomic mass is 10.1. The van der Waals surface area contributed by atoms with Gasteiger partial charge in [-0.2, -0.15) is 0 Å². The van der Waals surface area contributed by atoms with Crippen LogP contribution in [0.5, 0.6) is 0 Å². The van der Waals surface area contributed by atoms with Crippen molar-refractivity contribution in [1.82, 2.24) is 5.16 Å². The van der Waals surface area contributed by atoms with Gasteiger partial charge in [-0.15, -0.1) is 0 Å². The molecule has 4 nitrogen and oxygen atoms in total. The number of benzene rings is 1. The second-order valence-corrected chi connectivity index (χ2v) is 3.33. The van der Waals surface area contributed by atoms with Gasteiger partial charge in [0.05, 0.1) is 7.11 Å². The summed E-state index contributed by atoms with van der Waals surface area (Å²) < 4.78 is 9.58. The fraction of sp³-hybridized carbons (Fsp3) is 0.167. The van der Waals surface area contributed by atoms with E-state index in [4.69, 9.17) is 4.52 Å². The van der Waals surface area contributed by atoms with E-state index in [0.717, 1.165) is 5.56 Å². The van der Waals surface area contributed by atoms with Crippen LogP contribution in [0, 0.1) is 0 Å². The Balaban J connectivity index is 2.12. The number of esters is 1. The Labute approximate surface area is 92.8 Å². The second-order valence-electron chi connectivity index (χ2n) is 3.33. The summed E-state index contributed by atoms with van der Waals surface area (Å²) in [6.07, 6.45) is 0.616. The number of nitrogens with zero attached hydrogens (tertiary/aromatic N) is 1. The van der Waals surface area contributed by atoms with Crippen LogP contribution in [-0.4, -0.2) is 18.2 Å². The first-order valence-corrected chi connectivity index (χ1v) is 4.87. The number of aromatic nitrogens is 1. The maximum atomic E-state index is 11.1. The first-order valence-electron chi connectivity index (χ1n) is 4.87. The first-order chi connectivity index (χ1) is 7.79. The lowest BCUT2D eigenvalue weighted by Gasteiger charge is -1.94. The Kier molecular flexibility index (Phi) is 3.00. The van der Waals surface area contributed by atoms with Crippen LogP contribution in [0.15, 0.2) is 40.9 Å². The molecular formula is C12H11NO3. The summed E-state index contributed by atoms with van der Waals surface area (Å²) in [4.78, 5) is 11.1. The van der Waals surface area contributed by atoms with Crippen LogP contribution in [0.4, 0.5) is 0 Å². The van der Waals surface area contributed by atoms with E-state index in [9.17, 15) is 4.79 Å². The minimum Gasteiger partial charge on any atom is -0.464 e. The van der Waals surface area contributed by atoms with Crippen molar-refractivity contribution < 1.29 is 14.1 Å². The van der Waals surface area contributed by atoms with E-state index < -0.39 is 5.97 Å². The minimum atomic E-state index is -0.483. The van der Waals surface area contributed by atoms with Gasteiger partial charge in [-0.3, -0.25) is 0 Å². The van der Waals surface area contributed by atoms with Crippen LogP contribution in [0.3, 0.4) is 0 Å². The summed E-state index contributed by atoms with van der Waals surface area (Å²) in [5.74, 6) is 0.162. The molecule has 0 spiro atoms. The van der Waals surface area contributed by atoms with Crippen molar-refractivity contribution in [3.63, 3.8) is 0 Å². The smallest absolute Gasteiger partial charge is 0.360 e. The number of carbonyl (C=O) groups excluding carboxylic acids is 1. The molecule has 0 bridgehead atoms. The molecule has 0 unspecified atom stereocenters. The van der Waals surface area contributed by atoms with Crippen molar-refractivity contribution >= 4 is 5.97 Å². The molecule has 0 radical (unpaired) electrons. The molecule has 2 rings (SSSR count). The summed E-state index contributed by atoms with van der Waals surface area (Å²) in [5, 5.41) is 3.63. The van der Waals surface area contributed by atoms with Crippen LogP contribution in [0.25, 0.3) is 0 Å². The van der Waals surface area contributed by atoms with E-state index >= 15 is 0 Å². The number of rotatable bonds is 3. The quantitative estimate of drug-likeness (QED) is 0.738. The van der Waals surface area contributed by atoms with Crippen molar-refractivity contribution in [2.75, 3.05) is 7.11 Å². The van der Waals surface area contributed by atoms with Crippen LogP contribution >= 0.6 is 0 Å². The van der Waals surface area contributed by atoms with Gasteiger partial charge >= 0.3 is 5.97 Å². The highest BCUT2D eigenvalue weighted by Crippen LogP contribution is 2.11. The Morgan fingerprint density at radius 2 is 2.12 bits per heavy atom. The highest BCUT2D eigenvalue weighted by molar-refractivity contribution is 5.86. The summed E-state index contributed by atoms with van der Waals surface area (Å²) in [7, 11) is 1.31. The molecule has 0 N–H and O–H groups in total. The van der Waals surface area contributed by atoms with Crippen molar-refractivity contribution in [1.29, 1.82) is 0 Å². The Morgan fingerprint density at radius 1 is 1.38 bits per heavy atom. The van der Waals surface area contributed by atoms with Crippen LogP contribution in [0.1, 0.15) is 21.8 Å².